The molecule has 0 unspecified atom stereocenters. The van der Waals surface area contributed by atoms with Crippen LogP contribution in [0, 0.1) is 0 Å². The molecule has 0 atom stereocenters. The largest absolute Gasteiger partial charge is 0.484 e. The van der Waals surface area contributed by atoms with E-state index in [2.05, 4.69) is 25.4 Å². The number of rotatable bonds is 7. The Kier molecular flexibility index (Phi) is 7.33. The number of carbonyl (C=O) groups is 2. The number of aryl methyl sites for hydroxylation is 1. The van der Waals surface area contributed by atoms with E-state index in [-0.39, 0.29) is 18.1 Å². The summed E-state index contributed by atoms with van der Waals surface area (Å²) >= 11 is 0. The summed E-state index contributed by atoms with van der Waals surface area (Å²) in [6.45, 7) is 0.709. The van der Waals surface area contributed by atoms with Crippen LogP contribution in [-0.4, -0.2) is 33.2 Å². The zero-order valence-electron chi connectivity index (χ0n) is 18.8. The van der Waals surface area contributed by atoms with Crippen LogP contribution < -0.4 is 15.4 Å². The van der Waals surface area contributed by atoms with Gasteiger partial charge in [0, 0.05) is 24.2 Å². The number of hydrogen-bond acceptors (Lipinski definition) is 5. The molecule has 0 aliphatic carbocycles. The van der Waals surface area contributed by atoms with E-state index in [1.165, 1.54) is 24.3 Å². The first-order valence-corrected chi connectivity index (χ1v) is 11.2. The number of halogens is 3. The summed E-state index contributed by atoms with van der Waals surface area (Å²) in [5.74, 6) is 1.11. The number of amides is 2. The lowest BCUT2D eigenvalue weighted by atomic mass is 10.2. The minimum atomic E-state index is -4.50. The maximum atomic E-state index is 12.8. The van der Waals surface area contributed by atoms with Gasteiger partial charge in [-0.2, -0.15) is 13.2 Å². The van der Waals surface area contributed by atoms with Gasteiger partial charge in [0.15, 0.2) is 12.4 Å². The lowest BCUT2D eigenvalue weighted by Crippen LogP contribution is -2.25. The first-order chi connectivity index (χ1) is 16.8. The van der Waals surface area contributed by atoms with Crippen molar-refractivity contribution in [2.75, 3.05) is 11.9 Å². The Morgan fingerprint density at radius 3 is 2.60 bits per heavy atom. The molecule has 2 amide bonds. The highest BCUT2D eigenvalue weighted by atomic mass is 19.4. The lowest BCUT2D eigenvalue weighted by Gasteiger charge is -2.11. The van der Waals surface area contributed by atoms with Gasteiger partial charge in [-0.1, -0.05) is 12.5 Å². The van der Waals surface area contributed by atoms with E-state index in [1.807, 2.05) is 0 Å². The number of carbonyl (C=O) groups excluding carboxylic acids is 2. The van der Waals surface area contributed by atoms with E-state index in [4.69, 9.17) is 4.74 Å². The van der Waals surface area contributed by atoms with Crippen LogP contribution in [0.2, 0.25) is 0 Å². The molecule has 0 fully saturated rings. The molecular formula is C24H24F3N5O3. The van der Waals surface area contributed by atoms with Crippen LogP contribution in [0.15, 0.2) is 48.5 Å². The van der Waals surface area contributed by atoms with Crippen molar-refractivity contribution in [2.24, 2.45) is 0 Å². The van der Waals surface area contributed by atoms with Gasteiger partial charge in [-0.05, 0) is 55.3 Å². The molecule has 1 aromatic heterocycles. The predicted octanol–water partition coefficient (Wildman–Crippen LogP) is 3.97. The minimum Gasteiger partial charge on any atom is -0.484 e. The molecule has 11 heteroatoms. The topological polar surface area (TPSA) is 98.1 Å². The van der Waals surface area contributed by atoms with E-state index in [9.17, 15) is 22.8 Å². The fourth-order valence-electron chi connectivity index (χ4n) is 3.76. The third kappa shape index (κ3) is 6.37. The molecule has 4 rings (SSSR count). The second-order valence-corrected chi connectivity index (χ2v) is 8.12. The lowest BCUT2D eigenvalue weighted by molar-refractivity contribution is -0.137. The van der Waals surface area contributed by atoms with Crippen molar-refractivity contribution in [3.8, 4) is 5.75 Å². The molecule has 2 heterocycles. The van der Waals surface area contributed by atoms with Gasteiger partial charge in [0.05, 0.1) is 12.1 Å². The number of aromatic nitrogens is 3. The number of nitrogens with zero attached hydrogens (tertiary/aromatic N) is 3. The molecule has 3 aromatic rings. The van der Waals surface area contributed by atoms with Crippen LogP contribution in [0.4, 0.5) is 18.9 Å². The first-order valence-electron chi connectivity index (χ1n) is 11.2. The Hall–Kier alpha value is -3.89. The van der Waals surface area contributed by atoms with Crippen molar-refractivity contribution in [2.45, 2.75) is 44.9 Å². The number of nitrogens with one attached hydrogen (secondary N) is 2. The summed E-state index contributed by atoms with van der Waals surface area (Å²) in [4.78, 5) is 24.5. The second-order valence-electron chi connectivity index (χ2n) is 8.12. The van der Waals surface area contributed by atoms with Crippen LogP contribution in [0.25, 0.3) is 0 Å². The molecule has 0 bridgehead atoms. The number of fused-ring (bicyclic) bond motifs is 1. The zero-order valence-corrected chi connectivity index (χ0v) is 18.8. The minimum absolute atomic E-state index is 0.0185. The Labute approximate surface area is 199 Å². The molecule has 1 aliphatic rings. The fraction of sp³-hybridized carbons (Fsp3) is 0.333. The number of ether oxygens (including phenoxy) is 1. The molecule has 0 spiro atoms. The highest BCUT2D eigenvalue weighted by Crippen LogP contribution is 2.30. The summed E-state index contributed by atoms with van der Waals surface area (Å²) in [7, 11) is 0. The van der Waals surface area contributed by atoms with Crippen LogP contribution in [0.1, 0.15) is 46.8 Å². The highest BCUT2D eigenvalue weighted by Gasteiger charge is 2.30. The van der Waals surface area contributed by atoms with Gasteiger partial charge in [-0.25, -0.2) is 0 Å². The molecule has 35 heavy (non-hydrogen) atoms. The normalized spacial score (nSPS) is 13.5. The Morgan fingerprint density at radius 1 is 1.03 bits per heavy atom. The van der Waals surface area contributed by atoms with Gasteiger partial charge in [-0.15, -0.1) is 10.2 Å². The molecule has 0 saturated heterocycles. The summed E-state index contributed by atoms with van der Waals surface area (Å²) in [5.41, 5.74) is -0.434. The van der Waals surface area contributed by atoms with E-state index in [1.54, 1.807) is 12.1 Å². The van der Waals surface area contributed by atoms with Gasteiger partial charge in [-0.3, -0.25) is 9.59 Å². The predicted molar refractivity (Wildman–Crippen MR) is 121 cm³/mol. The second kappa shape index (κ2) is 10.6. The summed E-state index contributed by atoms with van der Waals surface area (Å²) in [5, 5.41) is 13.6. The average Bonchev–Trinajstić information content (AvgIpc) is 3.06. The van der Waals surface area contributed by atoms with Gasteiger partial charge in [0.2, 0.25) is 0 Å². The molecule has 0 saturated carbocycles. The van der Waals surface area contributed by atoms with E-state index in [0.29, 0.717) is 11.3 Å². The summed E-state index contributed by atoms with van der Waals surface area (Å²) < 4.78 is 45.8. The number of benzene rings is 2. The van der Waals surface area contributed by atoms with Gasteiger partial charge < -0.3 is 19.9 Å². The fourth-order valence-corrected chi connectivity index (χ4v) is 3.76. The Bertz CT molecular complexity index is 1190. The maximum Gasteiger partial charge on any atom is 0.416 e. The van der Waals surface area contributed by atoms with Crippen molar-refractivity contribution in [1.29, 1.82) is 0 Å². The third-order valence-corrected chi connectivity index (χ3v) is 5.55. The molecule has 2 N–H and O–H groups in total. The van der Waals surface area contributed by atoms with E-state index in [0.717, 1.165) is 56.0 Å². The van der Waals surface area contributed by atoms with Crippen LogP contribution >= 0.6 is 0 Å². The molecule has 8 nitrogen and oxygen atoms in total. The Morgan fingerprint density at radius 2 is 1.83 bits per heavy atom. The smallest absolute Gasteiger partial charge is 0.416 e. The monoisotopic (exact) mass is 487 g/mol. The Balaban J connectivity index is 1.26. The van der Waals surface area contributed by atoms with Crippen molar-refractivity contribution in [3.63, 3.8) is 0 Å². The highest BCUT2D eigenvalue weighted by molar-refractivity contribution is 5.94. The van der Waals surface area contributed by atoms with Crippen LogP contribution in [-0.2, 0) is 30.5 Å². The SMILES string of the molecule is O=C(COc1ccc(C(=O)NCc2nnc3n2CCCCC3)cc1)Nc1cccc(C(F)(F)F)c1. The van der Waals surface area contributed by atoms with Crippen molar-refractivity contribution in [1.82, 2.24) is 20.1 Å². The van der Waals surface area contributed by atoms with Crippen molar-refractivity contribution in [3.05, 3.63) is 71.3 Å². The quantitative estimate of drug-likeness (QED) is 0.526. The van der Waals surface area contributed by atoms with Crippen molar-refractivity contribution >= 4 is 17.5 Å². The third-order valence-electron chi connectivity index (χ3n) is 5.55. The zero-order chi connectivity index (χ0) is 24.8. The van der Waals surface area contributed by atoms with Crippen LogP contribution in [0.5, 0.6) is 5.75 Å². The molecule has 0 radical (unpaired) electrons. The van der Waals surface area contributed by atoms with Gasteiger partial charge in [0.1, 0.15) is 11.6 Å². The number of hydrogen-bond donors (Lipinski definition) is 2. The molecule has 1 aliphatic heterocycles. The maximum absolute atomic E-state index is 12.8. The van der Waals surface area contributed by atoms with E-state index < -0.39 is 24.3 Å². The molecular weight excluding hydrogens is 463 g/mol. The van der Waals surface area contributed by atoms with Crippen LogP contribution in [0.3, 0.4) is 0 Å². The average molecular weight is 487 g/mol. The van der Waals surface area contributed by atoms with Gasteiger partial charge in [0.25, 0.3) is 11.8 Å². The molecule has 2 aromatic carbocycles. The summed E-state index contributed by atoms with van der Waals surface area (Å²) in [6, 6.07) is 10.5. The first kappa shape index (κ1) is 24.2. The van der Waals surface area contributed by atoms with Crippen molar-refractivity contribution < 1.29 is 27.5 Å². The number of anilines is 1. The summed E-state index contributed by atoms with van der Waals surface area (Å²) in [6.07, 6.45) is -0.312. The van der Waals surface area contributed by atoms with Gasteiger partial charge >= 0.3 is 6.18 Å². The van der Waals surface area contributed by atoms with E-state index >= 15 is 0 Å². The standard InChI is InChI=1S/C24H24F3N5O3/c25-24(26,27)17-5-4-6-18(13-17)29-22(33)15-35-19-10-8-16(9-11-19)23(34)28-14-21-31-30-20-7-2-1-3-12-32(20)21/h4-6,8-11,13H,1-3,7,12,14-15H2,(H,28,34)(H,29,33). The molecule has 184 valence electrons. The number of alkyl halides is 3.